The first-order valence-corrected chi connectivity index (χ1v) is 9.84. The van der Waals surface area contributed by atoms with Gasteiger partial charge in [0.1, 0.15) is 10.1 Å². The summed E-state index contributed by atoms with van der Waals surface area (Å²) in [5, 5.41) is 0. The first-order valence-electron chi connectivity index (χ1n) is 8.20. The van der Waals surface area contributed by atoms with E-state index in [1.54, 1.807) is 23.5 Å². The second-order valence-electron chi connectivity index (χ2n) is 5.74. The summed E-state index contributed by atoms with van der Waals surface area (Å²) in [6.07, 6.45) is 0. The van der Waals surface area contributed by atoms with Crippen LogP contribution in [0.2, 0.25) is 0 Å². The Morgan fingerprint density at radius 3 is 1.50 bits per heavy atom. The average molecular weight is 381 g/mol. The highest BCUT2D eigenvalue weighted by Gasteiger charge is 2.44. The lowest BCUT2D eigenvalue weighted by molar-refractivity contribution is -0.119. The fourth-order valence-corrected chi connectivity index (χ4v) is 5.66. The van der Waals surface area contributed by atoms with Gasteiger partial charge >= 0.3 is 0 Å². The molecular formula is C21H20N2OS2. The van der Waals surface area contributed by atoms with Crippen molar-refractivity contribution < 1.29 is 4.79 Å². The van der Waals surface area contributed by atoms with Gasteiger partial charge in [-0.1, -0.05) is 66.7 Å². The van der Waals surface area contributed by atoms with Crippen molar-refractivity contribution in [2.75, 3.05) is 0 Å². The minimum Gasteiger partial charge on any atom is -0.368 e. The van der Waals surface area contributed by atoms with Crippen molar-refractivity contribution in [1.82, 2.24) is 0 Å². The Labute approximate surface area is 162 Å². The van der Waals surface area contributed by atoms with E-state index in [4.69, 9.17) is 11.5 Å². The van der Waals surface area contributed by atoms with Gasteiger partial charge in [-0.25, -0.2) is 0 Å². The maximum absolute atomic E-state index is 12.2. The highest BCUT2D eigenvalue weighted by Crippen LogP contribution is 2.54. The molecule has 0 aromatic heterocycles. The molecule has 3 rings (SSSR count). The summed E-state index contributed by atoms with van der Waals surface area (Å²) < 4.78 is -0.782. The third-order valence-electron chi connectivity index (χ3n) is 3.92. The lowest BCUT2D eigenvalue weighted by Crippen LogP contribution is -2.49. The average Bonchev–Trinajstić information content (AvgIpc) is 2.69. The van der Waals surface area contributed by atoms with Crippen molar-refractivity contribution in [3.05, 3.63) is 96.6 Å². The van der Waals surface area contributed by atoms with Crippen LogP contribution in [0.15, 0.2) is 101 Å². The summed E-state index contributed by atoms with van der Waals surface area (Å²) in [6.45, 7) is 0. The van der Waals surface area contributed by atoms with Crippen LogP contribution in [-0.2, 0) is 8.87 Å². The molecule has 0 radical (unpaired) electrons. The molecule has 0 aliphatic heterocycles. The number of primary amides is 1. The monoisotopic (exact) mass is 380 g/mol. The first kappa shape index (κ1) is 18.6. The summed E-state index contributed by atoms with van der Waals surface area (Å²) >= 11 is 3.12. The van der Waals surface area contributed by atoms with Crippen molar-refractivity contribution >= 4 is 29.4 Å². The largest absolute Gasteiger partial charge is 0.368 e. The maximum Gasteiger partial charge on any atom is 0.237 e. The van der Waals surface area contributed by atoms with Crippen LogP contribution in [0.25, 0.3) is 0 Å². The topological polar surface area (TPSA) is 69.1 Å². The molecule has 0 aliphatic rings. The summed E-state index contributed by atoms with van der Waals surface area (Å²) in [4.78, 5) is 14.2. The van der Waals surface area contributed by atoms with E-state index in [0.29, 0.717) is 0 Å². The molecule has 1 atom stereocenters. The van der Waals surface area contributed by atoms with Crippen LogP contribution in [0.4, 0.5) is 0 Å². The van der Waals surface area contributed by atoms with Crippen molar-refractivity contribution in [2.24, 2.45) is 11.5 Å². The summed E-state index contributed by atoms with van der Waals surface area (Å²) in [5.74, 6) is -0.527. The molecule has 0 heterocycles. The normalized spacial score (nSPS) is 12.5. The molecule has 1 amide bonds. The standard InChI is InChI=1S/C21H20N2OS2/c22-19(20(23)24)21(16-10-4-1-5-11-16,25-17-12-6-2-7-13-17)26-18-14-8-3-9-15-18/h1-15,19H,22H2,(H2,23,24). The Balaban J connectivity index is 2.14. The van der Waals surface area contributed by atoms with Gasteiger partial charge in [0.2, 0.25) is 5.91 Å². The predicted octanol–water partition coefficient (Wildman–Crippen LogP) is 4.24. The van der Waals surface area contributed by atoms with Crippen LogP contribution in [0.5, 0.6) is 0 Å². The minimum atomic E-state index is -0.875. The second-order valence-corrected chi connectivity index (χ2v) is 8.64. The molecule has 0 fully saturated rings. The molecule has 0 spiro atoms. The molecule has 0 saturated heterocycles. The Bertz CT molecular complexity index is 800. The van der Waals surface area contributed by atoms with Crippen LogP contribution in [0, 0.1) is 0 Å². The fourth-order valence-electron chi connectivity index (χ4n) is 2.63. The Kier molecular flexibility index (Phi) is 6.04. The quantitative estimate of drug-likeness (QED) is 0.475. The smallest absolute Gasteiger partial charge is 0.237 e. The third-order valence-corrected chi connectivity index (χ3v) is 7.02. The molecule has 3 aromatic rings. The number of rotatable bonds is 7. The zero-order valence-corrected chi connectivity index (χ0v) is 15.8. The lowest BCUT2D eigenvalue weighted by Gasteiger charge is -2.37. The van der Waals surface area contributed by atoms with Crippen molar-refractivity contribution in [3.63, 3.8) is 0 Å². The number of hydrogen-bond acceptors (Lipinski definition) is 4. The van der Waals surface area contributed by atoms with Gasteiger partial charge in [-0.15, -0.1) is 23.5 Å². The molecule has 4 N–H and O–H groups in total. The van der Waals surface area contributed by atoms with E-state index in [1.165, 1.54) is 0 Å². The number of nitrogens with two attached hydrogens (primary N) is 2. The van der Waals surface area contributed by atoms with Crippen LogP contribution in [0.3, 0.4) is 0 Å². The van der Waals surface area contributed by atoms with E-state index in [0.717, 1.165) is 15.4 Å². The Morgan fingerprint density at radius 1 is 0.731 bits per heavy atom. The SMILES string of the molecule is NC(=O)C(N)C(Sc1ccccc1)(Sc1ccccc1)c1ccccc1. The number of thioether (sulfide) groups is 2. The zero-order valence-electron chi connectivity index (χ0n) is 14.1. The zero-order chi connectivity index (χ0) is 18.4. The molecule has 0 aliphatic carbocycles. The first-order chi connectivity index (χ1) is 12.6. The Morgan fingerprint density at radius 2 is 1.12 bits per heavy atom. The van der Waals surface area contributed by atoms with E-state index in [9.17, 15) is 4.79 Å². The molecule has 0 bridgehead atoms. The summed E-state index contributed by atoms with van der Waals surface area (Å²) in [6, 6.07) is 28.9. The fraction of sp³-hybridized carbons (Fsp3) is 0.0952. The molecule has 5 heteroatoms. The van der Waals surface area contributed by atoms with E-state index < -0.39 is 16.0 Å². The molecule has 3 aromatic carbocycles. The van der Waals surface area contributed by atoms with Gasteiger partial charge in [-0.2, -0.15) is 0 Å². The van der Waals surface area contributed by atoms with Gasteiger partial charge in [-0.3, -0.25) is 4.79 Å². The van der Waals surface area contributed by atoms with Gasteiger partial charge in [0, 0.05) is 9.79 Å². The third kappa shape index (κ3) is 4.12. The van der Waals surface area contributed by atoms with Gasteiger partial charge in [0.05, 0.1) is 0 Å². The van der Waals surface area contributed by atoms with Gasteiger partial charge in [-0.05, 0) is 29.8 Å². The molecule has 26 heavy (non-hydrogen) atoms. The van der Waals surface area contributed by atoms with E-state index in [1.807, 2.05) is 91.0 Å². The van der Waals surface area contributed by atoms with Gasteiger partial charge in [0.15, 0.2) is 0 Å². The number of carbonyl (C=O) groups excluding carboxylic acids is 1. The maximum atomic E-state index is 12.2. The van der Waals surface area contributed by atoms with Crippen molar-refractivity contribution in [3.8, 4) is 0 Å². The second kappa shape index (κ2) is 8.45. The highest BCUT2D eigenvalue weighted by molar-refractivity contribution is 8.17. The van der Waals surface area contributed by atoms with Gasteiger partial charge in [0.25, 0.3) is 0 Å². The van der Waals surface area contributed by atoms with Crippen molar-refractivity contribution in [1.29, 1.82) is 0 Å². The number of carbonyl (C=O) groups is 1. The van der Waals surface area contributed by atoms with Crippen LogP contribution >= 0.6 is 23.5 Å². The minimum absolute atomic E-state index is 0.527. The lowest BCUT2D eigenvalue weighted by atomic mass is 10.0. The van der Waals surface area contributed by atoms with Gasteiger partial charge < -0.3 is 11.5 Å². The molecule has 3 nitrogen and oxygen atoms in total. The van der Waals surface area contributed by atoms with E-state index >= 15 is 0 Å². The molecule has 1 unspecified atom stereocenters. The van der Waals surface area contributed by atoms with E-state index in [2.05, 4.69) is 0 Å². The Hall–Kier alpha value is -2.21. The molecule has 132 valence electrons. The number of benzene rings is 3. The molecular weight excluding hydrogens is 360 g/mol. The highest BCUT2D eigenvalue weighted by atomic mass is 32.2. The molecule has 0 saturated carbocycles. The number of hydrogen-bond donors (Lipinski definition) is 2. The van der Waals surface area contributed by atoms with E-state index in [-0.39, 0.29) is 0 Å². The van der Waals surface area contributed by atoms with Crippen molar-refractivity contribution in [2.45, 2.75) is 19.9 Å². The van der Waals surface area contributed by atoms with Crippen LogP contribution in [-0.4, -0.2) is 11.9 Å². The van der Waals surface area contributed by atoms with Crippen LogP contribution in [0.1, 0.15) is 5.56 Å². The summed E-state index contributed by atoms with van der Waals surface area (Å²) in [7, 11) is 0. The van der Waals surface area contributed by atoms with Crippen LogP contribution < -0.4 is 11.5 Å². The number of amides is 1. The predicted molar refractivity (Wildman–Crippen MR) is 110 cm³/mol. The summed E-state index contributed by atoms with van der Waals surface area (Å²) in [5.41, 5.74) is 13.0.